The van der Waals surface area contributed by atoms with Crippen LogP contribution >= 0.6 is 15.9 Å². The fraction of sp³-hybridized carbons (Fsp3) is 0.250. The van der Waals surface area contributed by atoms with E-state index in [-0.39, 0.29) is 5.41 Å². The largest absolute Gasteiger partial charge is 0.334 e. The maximum Gasteiger partial charge on any atom is 0.0530 e. The molecule has 2 heteroatoms. The van der Waals surface area contributed by atoms with E-state index in [1.807, 2.05) is 0 Å². The van der Waals surface area contributed by atoms with E-state index in [0.29, 0.717) is 6.04 Å². The number of fused-ring (bicyclic) bond motifs is 3. The van der Waals surface area contributed by atoms with Gasteiger partial charge in [-0.2, -0.15) is 0 Å². The third-order valence-corrected chi connectivity index (χ3v) is 9.03. The number of hydrogen-bond donors (Lipinski definition) is 0. The quantitative estimate of drug-likeness (QED) is 0.357. The molecule has 6 rings (SSSR count). The lowest BCUT2D eigenvalue weighted by molar-refractivity contribution is 0.591. The van der Waals surface area contributed by atoms with E-state index in [9.17, 15) is 0 Å². The van der Waals surface area contributed by atoms with Crippen LogP contribution in [-0.2, 0) is 6.42 Å². The standard InChI is InChI=1S/C32H30BrN/c1-19-15-27-26(30(19)32(4,5)24-16-22-11-9-10-12-23(22)17-24)18-28-29(31(27)33)20(2)21(3)34(28)25-13-7-6-8-14-25/h6-16,18,21H,17H2,1-5H3. The summed E-state index contributed by atoms with van der Waals surface area (Å²) >= 11 is 4.06. The Labute approximate surface area is 211 Å². The molecule has 0 spiro atoms. The van der Waals surface area contributed by atoms with E-state index in [1.165, 1.54) is 65.3 Å². The SMILES string of the molecule is CC1=Cc2c(Br)c3c(cc2=C1C(C)(C)C1=Cc2ccccc2C1)N(c1ccccc1)C(C)C=3C. The van der Waals surface area contributed by atoms with Gasteiger partial charge in [0.2, 0.25) is 0 Å². The van der Waals surface area contributed by atoms with Crippen LogP contribution in [0.1, 0.15) is 51.3 Å². The van der Waals surface area contributed by atoms with Gasteiger partial charge in [0.15, 0.2) is 0 Å². The highest BCUT2D eigenvalue weighted by molar-refractivity contribution is 9.10. The van der Waals surface area contributed by atoms with Crippen molar-refractivity contribution >= 4 is 50.6 Å². The van der Waals surface area contributed by atoms with E-state index in [1.54, 1.807) is 0 Å². The van der Waals surface area contributed by atoms with Gasteiger partial charge in [-0.15, -0.1) is 0 Å². The number of hydrogen-bond acceptors (Lipinski definition) is 1. The summed E-state index contributed by atoms with van der Waals surface area (Å²) in [6.45, 7) is 11.7. The minimum Gasteiger partial charge on any atom is -0.334 e. The molecule has 1 heterocycles. The van der Waals surface area contributed by atoms with Gasteiger partial charge in [-0.05, 0) is 106 Å². The van der Waals surface area contributed by atoms with Crippen LogP contribution in [0.2, 0.25) is 0 Å². The summed E-state index contributed by atoms with van der Waals surface area (Å²) in [5.41, 5.74) is 12.4. The monoisotopic (exact) mass is 507 g/mol. The molecule has 170 valence electrons. The first-order valence-electron chi connectivity index (χ1n) is 12.2. The Balaban J connectivity index is 1.59. The van der Waals surface area contributed by atoms with Crippen molar-refractivity contribution in [3.05, 3.63) is 103 Å². The van der Waals surface area contributed by atoms with Crippen LogP contribution in [0, 0.1) is 5.41 Å². The number of rotatable bonds is 3. The van der Waals surface area contributed by atoms with Crippen LogP contribution in [0.15, 0.2) is 76.3 Å². The zero-order valence-corrected chi connectivity index (χ0v) is 22.1. The summed E-state index contributed by atoms with van der Waals surface area (Å²) in [7, 11) is 0. The molecule has 2 aliphatic carbocycles. The van der Waals surface area contributed by atoms with E-state index in [4.69, 9.17) is 0 Å². The summed E-state index contributed by atoms with van der Waals surface area (Å²) < 4.78 is 1.23. The molecule has 0 amide bonds. The molecule has 0 radical (unpaired) electrons. The lowest BCUT2D eigenvalue weighted by atomic mass is 9.74. The van der Waals surface area contributed by atoms with Gasteiger partial charge in [0, 0.05) is 20.8 Å². The fourth-order valence-electron chi connectivity index (χ4n) is 6.30. The van der Waals surface area contributed by atoms with Gasteiger partial charge < -0.3 is 4.90 Å². The van der Waals surface area contributed by atoms with E-state index in [2.05, 4.69) is 128 Å². The predicted molar refractivity (Wildman–Crippen MR) is 149 cm³/mol. The summed E-state index contributed by atoms with van der Waals surface area (Å²) in [4.78, 5) is 2.50. The van der Waals surface area contributed by atoms with Crippen LogP contribution in [0.3, 0.4) is 0 Å². The van der Waals surface area contributed by atoms with Crippen molar-refractivity contribution in [2.45, 2.75) is 47.1 Å². The average molecular weight is 509 g/mol. The molecule has 0 saturated heterocycles. The first-order valence-corrected chi connectivity index (χ1v) is 13.0. The maximum atomic E-state index is 4.06. The number of nitrogens with zero attached hydrogens (tertiary/aromatic N) is 1. The lowest BCUT2D eigenvalue weighted by Crippen LogP contribution is -2.28. The second-order valence-electron chi connectivity index (χ2n) is 10.5. The highest BCUT2D eigenvalue weighted by Crippen LogP contribution is 2.47. The molecule has 34 heavy (non-hydrogen) atoms. The molecule has 1 unspecified atom stereocenters. The van der Waals surface area contributed by atoms with Gasteiger partial charge in [0.25, 0.3) is 0 Å². The molecule has 0 N–H and O–H groups in total. The van der Waals surface area contributed by atoms with Gasteiger partial charge >= 0.3 is 0 Å². The van der Waals surface area contributed by atoms with Crippen LogP contribution in [-0.4, -0.2) is 6.04 Å². The van der Waals surface area contributed by atoms with Crippen LogP contribution in [0.25, 0.3) is 23.3 Å². The van der Waals surface area contributed by atoms with Gasteiger partial charge in [-0.1, -0.05) is 68.0 Å². The first kappa shape index (κ1) is 21.7. The van der Waals surface area contributed by atoms with Crippen molar-refractivity contribution in [2.24, 2.45) is 5.41 Å². The summed E-state index contributed by atoms with van der Waals surface area (Å²) in [5.74, 6) is 0. The average Bonchev–Trinajstić information content (AvgIpc) is 3.48. The van der Waals surface area contributed by atoms with Crippen molar-refractivity contribution in [1.82, 2.24) is 0 Å². The number of halogens is 1. The Morgan fingerprint density at radius 2 is 1.65 bits per heavy atom. The number of allylic oxidation sites excluding steroid dienone is 2. The molecule has 0 bridgehead atoms. The molecule has 0 saturated carbocycles. The molecule has 0 fully saturated rings. The lowest BCUT2D eigenvalue weighted by Gasteiger charge is -2.30. The van der Waals surface area contributed by atoms with Crippen molar-refractivity contribution in [3.63, 3.8) is 0 Å². The predicted octanol–water partition coefficient (Wildman–Crippen LogP) is 7.39. The zero-order valence-electron chi connectivity index (χ0n) is 20.5. The maximum absolute atomic E-state index is 4.06. The summed E-state index contributed by atoms with van der Waals surface area (Å²) in [6, 6.07) is 22.4. The highest BCUT2D eigenvalue weighted by Gasteiger charge is 2.36. The molecule has 1 atom stereocenters. The zero-order chi connectivity index (χ0) is 23.8. The third kappa shape index (κ3) is 2.98. The van der Waals surface area contributed by atoms with E-state index < -0.39 is 0 Å². The first-order chi connectivity index (χ1) is 16.3. The molecule has 3 aliphatic rings. The molecular formula is C32H30BrN. The van der Waals surface area contributed by atoms with Crippen LogP contribution < -0.4 is 15.3 Å². The Kier molecular flexibility index (Phi) is 4.83. The Hall–Kier alpha value is -2.84. The second kappa shape index (κ2) is 7.58. The van der Waals surface area contributed by atoms with Crippen LogP contribution in [0.5, 0.6) is 0 Å². The number of anilines is 2. The third-order valence-electron chi connectivity index (χ3n) is 8.20. The Morgan fingerprint density at radius 3 is 2.38 bits per heavy atom. The van der Waals surface area contributed by atoms with Gasteiger partial charge in [-0.3, -0.25) is 0 Å². The summed E-state index contributed by atoms with van der Waals surface area (Å²) in [6.07, 6.45) is 5.84. The van der Waals surface area contributed by atoms with Gasteiger partial charge in [0.05, 0.1) is 11.7 Å². The minimum absolute atomic E-state index is 0.0565. The van der Waals surface area contributed by atoms with Crippen LogP contribution in [0.4, 0.5) is 11.4 Å². The Morgan fingerprint density at radius 1 is 0.941 bits per heavy atom. The number of para-hydroxylation sites is 1. The highest BCUT2D eigenvalue weighted by atomic mass is 79.9. The number of benzene rings is 3. The van der Waals surface area contributed by atoms with E-state index >= 15 is 0 Å². The van der Waals surface area contributed by atoms with Crippen molar-refractivity contribution in [3.8, 4) is 0 Å². The summed E-state index contributed by atoms with van der Waals surface area (Å²) in [5, 5.41) is 2.72. The smallest absolute Gasteiger partial charge is 0.0530 e. The molecule has 1 nitrogen and oxygen atoms in total. The molecular weight excluding hydrogens is 478 g/mol. The molecule has 1 aliphatic heterocycles. The molecule has 3 aromatic rings. The second-order valence-corrected chi connectivity index (χ2v) is 11.3. The van der Waals surface area contributed by atoms with E-state index in [0.717, 1.165) is 6.42 Å². The normalized spacial score (nSPS) is 18.6. The Bertz CT molecular complexity index is 1540. The van der Waals surface area contributed by atoms with Crippen molar-refractivity contribution < 1.29 is 0 Å². The van der Waals surface area contributed by atoms with Gasteiger partial charge in [-0.25, -0.2) is 0 Å². The van der Waals surface area contributed by atoms with Crippen molar-refractivity contribution in [2.75, 3.05) is 4.90 Å². The topological polar surface area (TPSA) is 3.24 Å². The van der Waals surface area contributed by atoms with Crippen molar-refractivity contribution in [1.29, 1.82) is 0 Å². The molecule has 3 aromatic carbocycles. The fourth-order valence-corrected chi connectivity index (χ4v) is 7.14. The molecule has 0 aromatic heterocycles. The van der Waals surface area contributed by atoms with Gasteiger partial charge in [0.1, 0.15) is 0 Å². The minimum atomic E-state index is -0.0565.